The van der Waals surface area contributed by atoms with Gasteiger partial charge in [0.1, 0.15) is 12.1 Å². The molecule has 0 spiro atoms. The molecule has 1 aliphatic heterocycles. The third-order valence-corrected chi connectivity index (χ3v) is 3.94. The molecule has 92 valence electrons. The second-order valence-electron chi connectivity index (χ2n) is 5.39. The summed E-state index contributed by atoms with van der Waals surface area (Å²) in [6.07, 6.45) is 5.97. The molecule has 0 aromatic rings. The minimum atomic E-state index is -0.266. The van der Waals surface area contributed by atoms with Gasteiger partial charge < -0.3 is 10.2 Å². The Morgan fingerprint density at radius 3 is 2.41 bits per heavy atom. The Morgan fingerprint density at radius 2 is 1.88 bits per heavy atom. The van der Waals surface area contributed by atoms with Crippen molar-refractivity contribution in [2.45, 2.75) is 37.8 Å². The Morgan fingerprint density at radius 1 is 1.24 bits per heavy atom. The van der Waals surface area contributed by atoms with E-state index in [0.29, 0.717) is 18.4 Å². The van der Waals surface area contributed by atoms with Crippen molar-refractivity contribution >= 4 is 11.8 Å². The molecule has 0 aromatic heterocycles. The monoisotopic (exact) mass is 234 g/mol. The third-order valence-electron chi connectivity index (χ3n) is 3.94. The molecule has 2 saturated carbocycles. The zero-order valence-corrected chi connectivity index (χ0v) is 9.89. The predicted molar refractivity (Wildman–Crippen MR) is 63.1 cm³/mol. The summed E-state index contributed by atoms with van der Waals surface area (Å²) >= 11 is 0. The fraction of sp³-hybridized carbons (Fsp3) is 0.692. The summed E-state index contributed by atoms with van der Waals surface area (Å²) in [6.45, 7) is 4.19. The summed E-state index contributed by atoms with van der Waals surface area (Å²) in [4.78, 5) is 26.2. The van der Waals surface area contributed by atoms with Crippen molar-refractivity contribution in [1.82, 2.24) is 10.2 Å². The summed E-state index contributed by atoms with van der Waals surface area (Å²) in [6, 6.07) is -0.507. The lowest BCUT2D eigenvalue weighted by molar-refractivity contribution is -0.150. The van der Waals surface area contributed by atoms with Crippen LogP contribution in [0.15, 0.2) is 12.7 Å². The molecule has 2 atom stereocenters. The van der Waals surface area contributed by atoms with Gasteiger partial charge in [-0.15, -0.1) is 6.58 Å². The molecule has 1 saturated heterocycles. The van der Waals surface area contributed by atoms with Crippen LogP contribution < -0.4 is 5.32 Å². The summed E-state index contributed by atoms with van der Waals surface area (Å²) in [5.74, 6) is 0.896. The van der Waals surface area contributed by atoms with Crippen molar-refractivity contribution in [1.29, 1.82) is 0 Å². The number of piperazine rings is 1. The van der Waals surface area contributed by atoms with E-state index in [9.17, 15) is 9.59 Å². The Labute approximate surface area is 101 Å². The van der Waals surface area contributed by atoms with Gasteiger partial charge in [-0.3, -0.25) is 9.59 Å². The Kier molecular flexibility index (Phi) is 2.45. The van der Waals surface area contributed by atoms with Crippen molar-refractivity contribution < 1.29 is 9.59 Å². The van der Waals surface area contributed by atoms with E-state index in [4.69, 9.17) is 0 Å². The highest BCUT2D eigenvalue weighted by atomic mass is 16.2. The number of carbonyl (C=O) groups is 2. The highest BCUT2D eigenvalue weighted by molar-refractivity contribution is 5.97. The lowest BCUT2D eigenvalue weighted by Gasteiger charge is -2.38. The first-order valence-electron chi connectivity index (χ1n) is 6.44. The molecule has 1 N–H and O–H groups in total. The molecule has 0 radical (unpaired) electrons. The molecule has 2 aliphatic carbocycles. The van der Waals surface area contributed by atoms with Crippen LogP contribution in [-0.4, -0.2) is 35.3 Å². The zero-order valence-electron chi connectivity index (χ0n) is 9.89. The van der Waals surface area contributed by atoms with Gasteiger partial charge in [0.15, 0.2) is 0 Å². The van der Waals surface area contributed by atoms with Gasteiger partial charge in [0.05, 0.1) is 0 Å². The van der Waals surface area contributed by atoms with Gasteiger partial charge in [-0.1, -0.05) is 6.08 Å². The maximum Gasteiger partial charge on any atom is 0.246 e. The third kappa shape index (κ3) is 1.85. The lowest BCUT2D eigenvalue weighted by atomic mass is 10.0. The van der Waals surface area contributed by atoms with E-state index < -0.39 is 0 Å². The summed E-state index contributed by atoms with van der Waals surface area (Å²) in [7, 11) is 0. The van der Waals surface area contributed by atoms with E-state index in [1.54, 1.807) is 11.0 Å². The first-order valence-corrected chi connectivity index (χ1v) is 6.44. The van der Waals surface area contributed by atoms with E-state index in [1.807, 2.05) is 0 Å². The van der Waals surface area contributed by atoms with E-state index in [-0.39, 0.29) is 23.9 Å². The molecule has 3 fully saturated rings. The molecule has 3 rings (SSSR count). The normalized spacial score (nSPS) is 33.5. The molecule has 4 nitrogen and oxygen atoms in total. The molecule has 17 heavy (non-hydrogen) atoms. The molecular formula is C13H18N2O2. The van der Waals surface area contributed by atoms with Crippen LogP contribution in [0.3, 0.4) is 0 Å². The van der Waals surface area contributed by atoms with Gasteiger partial charge in [-0.2, -0.15) is 0 Å². The van der Waals surface area contributed by atoms with Crippen molar-refractivity contribution in [3.05, 3.63) is 12.7 Å². The molecule has 4 heteroatoms. The van der Waals surface area contributed by atoms with Gasteiger partial charge in [-0.25, -0.2) is 0 Å². The molecule has 1 heterocycles. The van der Waals surface area contributed by atoms with E-state index >= 15 is 0 Å². The second-order valence-corrected chi connectivity index (χ2v) is 5.39. The lowest BCUT2D eigenvalue weighted by Crippen LogP contribution is -2.64. The molecule has 2 amide bonds. The van der Waals surface area contributed by atoms with Gasteiger partial charge in [-0.05, 0) is 37.5 Å². The van der Waals surface area contributed by atoms with Gasteiger partial charge >= 0.3 is 0 Å². The standard InChI is InChI=1S/C13H18N2O2/c1-2-7-15-11(9-5-6-9)12(16)14-10(13(15)17)8-3-4-8/h2,8-11H,1,3-7H2,(H,14,16). The SMILES string of the molecule is C=CCN1C(=O)C(C2CC2)NC(=O)C1C1CC1. The highest BCUT2D eigenvalue weighted by Crippen LogP contribution is 2.40. The van der Waals surface area contributed by atoms with Crippen LogP contribution >= 0.6 is 0 Å². The number of amides is 2. The number of nitrogens with one attached hydrogen (secondary N) is 1. The van der Waals surface area contributed by atoms with Gasteiger partial charge in [0.25, 0.3) is 0 Å². The van der Waals surface area contributed by atoms with Crippen LogP contribution in [0.4, 0.5) is 0 Å². The Hall–Kier alpha value is -1.32. The minimum Gasteiger partial charge on any atom is -0.342 e. The van der Waals surface area contributed by atoms with E-state index in [2.05, 4.69) is 11.9 Å². The fourth-order valence-electron chi connectivity index (χ4n) is 2.73. The number of carbonyl (C=O) groups excluding carboxylic acids is 2. The van der Waals surface area contributed by atoms with Crippen LogP contribution in [0, 0.1) is 11.8 Å². The molecule has 0 bridgehead atoms. The van der Waals surface area contributed by atoms with E-state index in [0.717, 1.165) is 25.7 Å². The largest absolute Gasteiger partial charge is 0.342 e. The fourth-order valence-corrected chi connectivity index (χ4v) is 2.73. The van der Waals surface area contributed by atoms with Gasteiger partial charge in [0.2, 0.25) is 11.8 Å². The zero-order chi connectivity index (χ0) is 12.0. The van der Waals surface area contributed by atoms with Crippen molar-refractivity contribution in [2.75, 3.05) is 6.54 Å². The summed E-state index contributed by atoms with van der Waals surface area (Å²) in [5, 5.41) is 2.92. The van der Waals surface area contributed by atoms with Crippen LogP contribution in [0.2, 0.25) is 0 Å². The summed E-state index contributed by atoms with van der Waals surface area (Å²) in [5.41, 5.74) is 0. The second kappa shape index (κ2) is 3.86. The predicted octanol–water partition coefficient (Wildman–Crippen LogP) is 0.688. The molecule has 3 aliphatic rings. The first kappa shape index (κ1) is 10.8. The van der Waals surface area contributed by atoms with Crippen LogP contribution in [0.1, 0.15) is 25.7 Å². The smallest absolute Gasteiger partial charge is 0.246 e. The van der Waals surface area contributed by atoms with Crippen LogP contribution in [0.5, 0.6) is 0 Å². The topological polar surface area (TPSA) is 49.4 Å². The molecular weight excluding hydrogens is 216 g/mol. The van der Waals surface area contributed by atoms with Crippen molar-refractivity contribution in [3.63, 3.8) is 0 Å². The molecule has 0 aromatic carbocycles. The first-order chi connectivity index (χ1) is 8.22. The number of nitrogens with zero attached hydrogens (tertiary/aromatic N) is 1. The van der Waals surface area contributed by atoms with E-state index in [1.165, 1.54) is 0 Å². The van der Waals surface area contributed by atoms with Crippen molar-refractivity contribution in [2.24, 2.45) is 11.8 Å². The maximum absolute atomic E-state index is 12.3. The Bertz CT molecular complexity index is 372. The summed E-state index contributed by atoms with van der Waals surface area (Å²) < 4.78 is 0. The van der Waals surface area contributed by atoms with Gasteiger partial charge in [0, 0.05) is 6.54 Å². The molecule has 2 unspecified atom stereocenters. The number of hydrogen-bond donors (Lipinski definition) is 1. The average molecular weight is 234 g/mol. The maximum atomic E-state index is 12.3. The highest BCUT2D eigenvalue weighted by Gasteiger charge is 2.50. The number of rotatable bonds is 4. The average Bonchev–Trinajstić information content (AvgIpc) is 3.15. The Balaban J connectivity index is 1.82. The number of hydrogen-bond acceptors (Lipinski definition) is 2. The van der Waals surface area contributed by atoms with Crippen molar-refractivity contribution in [3.8, 4) is 0 Å². The van der Waals surface area contributed by atoms with Crippen LogP contribution in [-0.2, 0) is 9.59 Å². The quantitative estimate of drug-likeness (QED) is 0.727. The van der Waals surface area contributed by atoms with Crippen LogP contribution in [0.25, 0.3) is 0 Å². The minimum absolute atomic E-state index is 0.0471.